The molecule has 0 atom stereocenters. The van der Waals surface area contributed by atoms with Gasteiger partial charge in [-0.3, -0.25) is 4.57 Å². The third-order valence-corrected chi connectivity index (χ3v) is 2.54. The molecule has 0 saturated heterocycles. The maximum atomic E-state index is 11.6. The van der Waals surface area contributed by atoms with Gasteiger partial charge in [-0.05, 0) is 11.0 Å². The van der Waals surface area contributed by atoms with Crippen LogP contribution in [0.2, 0.25) is 0 Å². The Kier molecular flexibility index (Phi) is 3.12. The fourth-order valence-electron chi connectivity index (χ4n) is 1.62. The van der Waals surface area contributed by atoms with Crippen LogP contribution < -0.4 is 11.2 Å². The smallest absolute Gasteiger partial charge is 0.423 e. The second-order valence-electron chi connectivity index (χ2n) is 3.75. The molecule has 2 aromatic rings. The summed E-state index contributed by atoms with van der Waals surface area (Å²) in [6.07, 6.45) is 1.42. The Bertz CT molecular complexity index is 576. The maximum absolute atomic E-state index is 11.6. The lowest BCUT2D eigenvalue weighted by molar-refractivity contribution is 0.425. The maximum Gasteiger partial charge on any atom is 0.488 e. The number of rotatable bonds is 3. The first-order valence-corrected chi connectivity index (χ1v) is 5.12. The molecule has 0 aliphatic carbocycles. The Morgan fingerprint density at radius 3 is 2.65 bits per heavy atom. The first-order chi connectivity index (χ1) is 8.09. The van der Waals surface area contributed by atoms with Crippen LogP contribution in [0.15, 0.2) is 35.4 Å². The normalized spacial score (nSPS) is 10.5. The van der Waals surface area contributed by atoms with Gasteiger partial charge in [0.15, 0.2) is 0 Å². The number of benzene rings is 1. The summed E-state index contributed by atoms with van der Waals surface area (Å²) in [6, 6.07) is 6.82. The minimum atomic E-state index is -1.55. The Morgan fingerprint density at radius 2 is 2.06 bits per heavy atom. The highest BCUT2D eigenvalue weighted by Crippen LogP contribution is 1.98. The minimum absolute atomic E-state index is 0.216. The van der Waals surface area contributed by atoms with Crippen LogP contribution in [0.1, 0.15) is 5.56 Å². The number of hydrogen-bond acceptors (Lipinski definition) is 4. The van der Waals surface area contributed by atoms with Gasteiger partial charge < -0.3 is 10.0 Å². The van der Waals surface area contributed by atoms with E-state index >= 15 is 0 Å². The SMILES string of the molecule is Cn1cnn(Cc2ccccc2B(O)O)c1=O. The van der Waals surface area contributed by atoms with E-state index in [4.69, 9.17) is 0 Å². The molecule has 0 bridgehead atoms. The largest absolute Gasteiger partial charge is 0.488 e. The topological polar surface area (TPSA) is 80.3 Å². The number of aromatic nitrogens is 3. The molecule has 0 saturated carbocycles. The molecular weight excluding hydrogens is 221 g/mol. The van der Waals surface area contributed by atoms with E-state index < -0.39 is 7.12 Å². The molecular formula is C10H12BN3O3. The van der Waals surface area contributed by atoms with Crippen LogP contribution in [0.4, 0.5) is 0 Å². The fraction of sp³-hybridized carbons (Fsp3) is 0.200. The van der Waals surface area contributed by atoms with Gasteiger partial charge in [-0.15, -0.1) is 0 Å². The van der Waals surface area contributed by atoms with Crippen molar-refractivity contribution in [3.63, 3.8) is 0 Å². The molecule has 1 heterocycles. The molecule has 17 heavy (non-hydrogen) atoms. The van der Waals surface area contributed by atoms with Gasteiger partial charge >= 0.3 is 12.8 Å². The molecule has 0 spiro atoms. The van der Waals surface area contributed by atoms with Crippen LogP contribution in [0.5, 0.6) is 0 Å². The second kappa shape index (κ2) is 4.56. The quantitative estimate of drug-likeness (QED) is 0.620. The van der Waals surface area contributed by atoms with E-state index in [-0.39, 0.29) is 12.2 Å². The van der Waals surface area contributed by atoms with Crippen molar-refractivity contribution in [1.82, 2.24) is 14.3 Å². The number of hydrogen-bond donors (Lipinski definition) is 2. The van der Waals surface area contributed by atoms with Crippen molar-refractivity contribution in [3.05, 3.63) is 46.6 Å². The zero-order valence-corrected chi connectivity index (χ0v) is 9.32. The fourth-order valence-corrected chi connectivity index (χ4v) is 1.62. The van der Waals surface area contributed by atoms with E-state index in [2.05, 4.69) is 5.10 Å². The number of nitrogens with zero attached hydrogens (tertiary/aromatic N) is 3. The third-order valence-electron chi connectivity index (χ3n) is 2.54. The van der Waals surface area contributed by atoms with E-state index in [1.807, 2.05) is 0 Å². The molecule has 88 valence electrons. The molecule has 0 amide bonds. The predicted molar refractivity (Wildman–Crippen MR) is 62.8 cm³/mol. The van der Waals surface area contributed by atoms with E-state index in [1.54, 1.807) is 31.3 Å². The van der Waals surface area contributed by atoms with Crippen LogP contribution >= 0.6 is 0 Å². The summed E-state index contributed by atoms with van der Waals surface area (Å²) >= 11 is 0. The lowest BCUT2D eigenvalue weighted by Gasteiger charge is -2.07. The summed E-state index contributed by atoms with van der Waals surface area (Å²) in [4.78, 5) is 11.6. The Balaban J connectivity index is 2.36. The lowest BCUT2D eigenvalue weighted by atomic mass is 9.77. The molecule has 6 nitrogen and oxygen atoms in total. The Morgan fingerprint density at radius 1 is 1.35 bits per heavy atom. The summed E-state index contributed by atoms with van der Waals surface area (Å²) in [5.74, 6) is 0. The van der Waals surface area contributed by atoms with E-state index in [9.17, 15) is 14.8 Å². The highest BCUT2D eigenvalue weighted by Gasteiger charge is 2.16. The zero-order valence-electron chi connectivity index (χ0n) is 9.32. The van der Waals surface area contributed by atoms with Gasteiger partial charge in [-0.2, -0.15) is 5.10 Å². The first-order valence-electron chi connectivity index (χ1n) is 5.12. The first kappa shape index (κ1) is 11.6. The van der Waals surface area contributed by atoms with Gasteiger partial charge in [-0.1, -0.05) is 24.3 Å². The van der Waals surface area contributed by atoms with Crippen LogP contribution in [0.3, 0.4) is 0 Å². The minimum Gasteiger partial charge on any atom is -0.423 e. The third kappa shape index (κ3) is 2.30. The van der Waals surface area contributed by atoms with Crippen LogP contribution in [0.25, 0.3) is 0 Å². The highest BCUT2D eigenvalue weighted by molar-refractivity contribution is 6.59. The molecule has 1 aromatic heterocycles. The standard InChI is InChI=1S/C10H12BN3O3/c1-13-7-12-14(10(13)15)6-8-4-2-3-5-9(8)11(16)17/h2-5,7,16-17H,6H2,1H3. The lowest BCUT2D eigenvalue weighted by Crippen LogP contribution is -2.35. The van der Waals surface area contributed by atoms with Gasteiger partial charge in [-0.25, -0.2) is 9.48 Å². The van der Waals surface area contributed by atoms with E-state index in [0.717, 1.165) is 0 Å². The van der Waals surface area contributed by atoms with Crippen LogP contribution in [-0.4, -0.2) is 31.5 Å². The molecule has 0 aliphatic rings. The van der Waals surface area contributed by atoms with Crippen molar-refractivity contribution in [1.29, 1.82) is 0 Å². The van der Waals surface area contributed by atoms with E-state index in [1.165, 1.54) is 15.6 Å². The molecule has 0 unspecified atom stereocenters. The van der Waals surface area contributed by atoms with Crippen LogP contribution in [0, 0.1) is 0 Å². The van der Waals surface area contributed by atoms with Crippen molar-refractivity contribution in [3.8, 4) is 0 Å². The van der Waals surface area contributed by atoms with Gasteiger partial charge in [0.05, 0.1) is 6.54 Å². The summed E-state index contributed by atoms with van der Waals surface area (Å²) in [7, 11) is 0.0594. The van der Waals surface area contributed by atoms with Gasteiger partial charge in [0.25, 0.3) is 0 Å². The van der Waals surface area contributed by atoms with Gasteiger partial charge in [0, 0.05) is 7.05 Å². The van der Waals surface area contributed by atoms with Gasteiger partial charge in [0.1, 0.15) is 6.33 Å². The average Bonchev–Trinajstić information content (AvgIpc) is 2.61. The highest BCUT2D eigenvalue weighted by atomic mass is 16.4. The molecule has 7 heteroatoms. The Labute approximate surface area is 97.9 Å². The molecule has 0 fully saturated rings. The van der Waals surface area contributed by atoms with Crippen molar-refractivity contribution < 1.29 is 10.0 Å². The van der Waals surface area contributed by atoms with Crippen molar-refractivity contribution >= 4 is 12.6 Å². The molecule has 2 rings (SSSR count). The average molecular weight is 233 g/mol. The molecule has 1 aromatic carbocycles. The number of aryl methyl sites for hydroxylation is 1. The summed E-state index contributed by atoms with van der Waals surface area (Å²) in [6.45, 7) is 0.216. The monoisotopic (exact) mass is 233 g/mol. The molecule has 0 radical (unpaired) electrons. The van der Waals surface area contributed by atoms with Crippen molar-refractivity contribution in [2.45, 2.75) is 6.54 Å². The van der Waals surface area contributed by atoms with Crippen molar-refractivity contribution in [2.24, 2.45) is 7.05 Å². The second-order valence-corrected chi connectivity index (χ2v) is 3.75. The van der Waals surface area contributed by atoms with Crippen LogP contribution in [-0.2, 0) is 13.6 Å². The predicted octanol–water partition coefficient (Wildman–Crippen LogP) is -1.69. The zero-order chi connectivity index (χ0) is 12.4. The molecule has 2 N–H and O–H groups in total. The summed E-state index contributed by atoms with van der Waals surface area (Å²) in [5, 5.41) is 22.3. The van der Waals surface area contributed by atoms with Crippen molar-refractivity contribution in [2.75, 3.05) is 0 Å². The van der Waals surface area contributed by atoms with E-state index in [0.29, 0.717) is 11.0 Å². The van der Waals surface area contributed by atoms with Gasteiger partial charge in [0.2, 0.25) is 0 Å². The Hall–Kier alpha value is -1.86. The molecule has 0 aliphatic heterocycles. The summed E-state index contributed by atoms with van der Waals surface area (Å²) < 4.78 is 2.62. The summed E-state index contributed by atoms with van der Waals surface area (Å²) in [5.41, 5.74) is 0.792.